The number of benzene rings is 1. The Bertz CT molecular complexity index is 344. The van der Waals surface area contributed by atoms with Gasteiger partial charge in [-0.3, -0.25) is 0 Å². The summed E-state index contributed by atoms with van der Waals surface area (Å²) < 4.78 is 31.1. The van der Waals surface area contributed by atoms with E-state index in [0.717, 1.165) is 6.07 Å². The predicted molar refractivity (Wildman–Crippen MR) is 51.5 cm³/mol. The largest absolute Gasteiger partial charge is 0.493 e. The SMILES string of the molecule is COc1c(F)cc(F)cc1C(C)CON. The molecule has 1 atom stereocenters. The van der Waals surface area contributed by atoms with Gasteiger partial charge in [-0.05, 0) is 6.07 Å². The van der Waals surface area contributed by atoms with Gasteiger partial charge in [0.1, 0.15) is 5.82 Å². The van der Waals surface area contributed by atoms with Gasteiger partial charge in [0, 0.05) is 17.5 Å². The van der Waals surface area contributed by atoms with Gasteiger partial charge in [0.15, 0.2) is 11.6 Å². The molecular weight excluding hydrogens is 204 g/mol. The van der Waals surface area contributed by atoms with E-state index >= 15 is 0 Å². The number of hydrogen-bond acceptors (Lipinski definition) is 3. The summed E-state index contributed by atoms with van der Waals surface area (Å²) in [6, 6.07) is 1.99. The highest BCUT2D eigenvalue weighted by atomic mass is 19.1. The Balaban J connectivity index is 3.13. The molecule has 0 heterocycles. The lowest BCUT2D eigenvalue weighted by atomic mass is 10.0. The number of nitrogens with two attached hydrogens (primary N) is 1. The quantitative estimate of drug-likeness (QED) is 0.784. The first kappa shape index (κ1) is 11.9. The smallest absolute Gasteiger partial charge is 0.168 e. The van der Waals surface area contributed by atoms with Crippen LogP contribution in [0.4, 0.5) is 8.78 Å². The summed E-state index contributed by atoms with van der Waals surface area (Å²) in [7, 11) is 1.33. The molecule has 0 aromatic heterocycles. The Labute approximate surface area is 86.7 Å². The van der Waals surface area contributed by atoms with Crippen LogP contribution in [0.3, 0.4) is 0 Å². The van der Waals surface area contributed by atoms with Crippen LogP contribution in [0, 0.1) is 11.6 Å². The highest BCUT2D eigenvalue weighted by Crippen LogP contribution is 2.30. The van der Waals surface area contributed by atoms with E-state index in [1.54, 1.807) is 6.92 Å². The van der Waals surface area contributed by atoms with Crippen LogP contribution >= 0.6 is 0 Å². The van der Waals surface area contributed by atoms with Crippen LogP contribution in [0.15, 0.2) is 12.1 Å². The zero-order valence-electron chi connectivity index (χ0n) is 8.59. The van der Waals surface area contributed by atoms with Crippen LogP contribution in [0.25, 0.3) is 0 Å². The molecule has 1 unspecified atom stereocenters. The van der Waals surface area contributed by atoms with E-state index in [9.17, 15) is 8.78 Å². The first-order valence-electron chi connectivity index (χ1n) is 4.44. The van der Waals surface area contributed by atoms with Crippen LogP contribution in [0.2, 0.25) is 0 Å². The number of ether oxygens (including phenoxy) is 1. The first-order chi connectivity index (χ1) is 7.10. The summed E-state index contributed by atoms with van der Waals surface area (Å²) in [5.74, 6) is 3.32. The highest BCUT2D eigenvalue weighted by molar-refractivity contribution is 5.38. The summed E-state index contributed by atoms with van der Waals surface area (Å²) in [6.07, 6.45) is 0. The summed E-state index contributed by atoms with van der Waals surface area (Å²) in [5.41, 5.74) is 0.403. The fourth-order valence-electron chi connectivity index (χ4n) is 1.40. The third-order valence-corrected chi connectivity index (χ3v) is 2.12. The summed E-state index contributed by atoms with van der Waals surface area (Å²) in [4.78, 5) is 4.44. The second-order valence-corrected chi connectivity index (χ2v) is 3.24. The molecule has 1 rings (SSSR count). The molecule has 5 heteroatoms. The maximum absolute atomic E-state index is 13.3. The molecule has 1 aromatic rings. The molecule has 0 aliphatic rings. The summed E-state index contributed by atoms with van der Waals surface area (Å²) in [6.45, 7) is 1.91. The van der Waals surface area contributed by atoms with Crippen LogP contribution in [0.5, 0.6) is 5.75 Å². The van der Waals surface area contributed by atoms with Gasteiger partial charge in [0.05, 0.1) is 13.7 Å². The highest BCUT2D eigenvalue weighted by Gasteiger charge is 2.17. The molecular formula is C10H13F2NO2. The van der Waals surface area contributed by atoms with Crippen LogP contribution in [-0.2, 0) is 4.84 Å². The minimum atomic E-state index is -0.726. The van der Waals surface area contributed by atoms with E-state index in [4.69, 9.17) is 10.6 Å². The summed E-state index contributed by atoms with van der Waals surface area (Å²) in [5, 5.41) is 0. The first-order valence-corrected chi connectivity index (χ1v) is 4.44. The predicted octanol–water partition coefficient (Wildman–Crippen LogP) is 1.97. The normalized spacial score (nSPS) is 12.6. The van der Waals surface area contributed by atoms with Gasteiger partial charge in [0.2, 0.25) is 0 Å². The fraction of sp³-hybridized carbons (Fsp3) is 0.400. The van der Waals surface area contributed by atoms with Crippen LogP contribution in [-0.4, -0.2) is 13.7 Å². The summed E-state index contributed by atoms with van der Waals surface area (Å²) >= 11 is 0. The molecule has 0 fully saturated rings. The number of methoxy groups -OCH3 is 1. The van der Waals surface area contributed by atoms with Gasteiger partial charge < -0.3 is 9.57 Å². The molecule has 3 nitrogen and oxygen atoms in total. The van der Waals surface area contributed by atoms with Gasteiger partial charge in [0.25, 0.3) is 0 Å². The second kappa shape index (κ2) is 5.04. The third-order valence-electron chi connectivity index (χ3n) is 2.12. The fourth-order valence-corrected chi connectivity index (χ4v) is 1.40. The van der Waals surface area contributed by atoms with Crippen molar-refractivity contribution in [3.05, 3.63) is 29.3 Å². The molecule has 0 bridgehead atoms. The Kier molecular flexibility index (Phi) is 3.99. The van der Waals surface area contributed by atoms with Gasteiger partial charge in [-0.1, -0.05) is 6.92 Å². The van der Waals surface area contributed by atoms with Crippen molar-refractivity contribution in [3.8, 4) is 5.75 Å². The van der Waals surface area contributed by atoms with Gasteiger partial charge in [-0.15, -0.1) is 0 Å². The van der Waals surface area contributed by atoms with Crippen molar-refractivity contribution in [1.29, 1.82) is 0 Å². The van der Waals surface area contributed by atoms with E-state index in [1.807, 2.05) is 0 Å². The lowest BCUT2D eigenvalue weighted by Gasteiger charge is -2.15. The second-order valence-electron chi connectivity index (χ2n) is 3.24. The maximum Gasteiger partial charge on any atom is 0.168 e. The Morgan fingerprint density at radius 2 is 2.07 bits per heavy atom. The monoisotopic (exact) mass is 217 g/mol. The van der Waals surface area contributed by atoms with Crippen molar-refractivity contribution in [3.63, 3.8) is 0 Å². The van der Waals surface area contributed by atoms with Crippen molar-refractivity contribution < 1.29 is 18.4 Å². The Morgan fingerprint density at radius 1 is 1.40 bits per heavy atom. The molecule has 84 valence electrons. The van der Waals surface area contributed by atoms with Crippen LogP contribution < -0.4 is 10.6 Å². The topological polar surface area (TPSA) is 44.5 Å². The lowest BCUT2D eigenvalue weighted by Crippen LogP contribution is -2.10. The average molecular weight is 217 g/mol. The maximum atomic E-state index is 13.3. The molecule has 2 N–H and O–H groups in total. The third kappa shape index (κ3) is 2.64. The van der Waals surface area contributed by atoms with Gasteiger partial charge >= 0.3 is 0 Å². The molecule has 0 spiro atoms. The zero-order valence-corrected chi connectivity index (χ0v) is 8.59. The van der Waals surface area contributed by atoms with Gasteiger partial charge in [-0.2, -0.15) is 0 Å². The van der Waals surface area contributed by atoms with E-state index in [-0.39, 0.29) is 18.3 Å². The molecule has 0 saturated heterocycles. The van der Waals surface area contributed by atoms with E-state index in [0.29, 0.717) is 5.56 Å². The Hall–Kier alpha value is -1.20. The standard InChI is InChI=1S/C10H13F2NO2/c1-6(5-15-13)8-3-7(11)4-9(12)10(8)14-2/h3-4,6H,5,13H2,1-2H3. The average Bonchev–Trinajstić information content (AvgIpc) is 2.17. The molecule has 0 saturated carbocycles. The Morgan fingerprint density at radius 3 is 2.60 bits per heavy atom. The van der Waals surface area contributed by atoms with Crippen molar-refractivity contribution >= 4 is 0 Å². The van der Waals surface area contributed by atoms with Crippen molar-refractivity contribution in [2.75, 3.05) is 13.7 Å². The molecule has 0 amide bonds. The van der Waals surface area contributed by atoms with Crippen molar-refractivity contribution in [2.24, 2.45) is 5.90 Å². The van der Waals surface area contributed by atoms with E-state index in [2.05, 4.69) is 4.84 Å². The number of halogens is 2. The number of rotatable bonds is 4. The molecule has 0 radical (unpaired) electrons. The van der Waals surface area contributed by atoms with Crippen molar-refractivity contribution in [1.82, 2.24) is 0 Å². The lowest BCUT2D eigenvalue weighted by molar-refractivity contribution is 0.125. The van der Waals surface area contributed by atoms with E-state index in [1.165, 1.54) is 13.2 Å². The molecule has 0 aliphatic carbocycles. The zero-order chi connectivity index (χ0) is 11.4. The minimum absolute atomic E-state index is 0.0287. The minimum Gasteiger partial charge on any atom is -0.493 e. The molecule has 0 aliphatic heterocycles. The molecule has 15 heavy (non-hydrogen) atoms. The number of hydrogen-bond donors (Lipinski definition) is 1. The van der Waals surface area contributed by atoms with E-state index < -0.39 is 11.6 Å². The molecule has 1 aromatic carbocycles. The van der Waals surface area contributed by atoms with Crippen molar-refractivity contribution in [2.45, 2.75) is 12.8 Å². The van der Waals surface area contributed by atoms with Crippen LogP contribution in [0.1, 0.15) is 18.4 Å². The van der Waals surface area contributed by atoms with Gasteiger partial charge in [-0.25, -0.2) is 14.7 Å².